The zero-order chi connectivity index (χ0) is 27.1. The lowest BCUT2D eigenvalue weighted by Crippen LogP contribution is -2.34. The van der Waals surface area contributed by atoms with Crippen LogP contribution in [0.3, 0.4) is 0 Å². The van der Waals surface area contributed by atoms with Crippen molar-refractivity contribution in [1.29, 1.82) is 0 Å². The number of hydrogen-bond acceptors (Lipinski definition) is 6. The number of fused-ring (bicyclic) bond motifs is 2. The Morgan fingerprint density at radius 2 is 1.58 bits per heavy atom. The van der Waals surface area contributed by atoms with Gasteiger partial charge < -0.3 is 5.11 Å². The standard InChI is InChI=1S/C28H24Br2N4O4/c1-3-32(4-2)14-16-11-18(9-10-23(16)35)34-24(31-25-21(28(34)38)12-17(29)13-22(25)30)15-33-26(36)19-7-5-6-8-20(19)27(33)37/h5-13,35H,3-4,14-15H2,1-2H3. The average molecular weight is 640 g/mol. The van der Waals surface area contributed by atoms with Gasteiger partial charge in [-0.2, -0.15) is 0 Å². The Morgan fingerprint density at radius 1 is 0.921 bits per heavy atom. The number of imide groups is 1. The number of halogens is 2. The molecule has 194 valence electrons. The van der Waals surface area contributed by atoms with Crippen LogP contribution < -0.4 is 5.56 Å². The molecule has 0 spiro atoms. The van der Waals surface area contributed by atoms with Crippen LogP contribution in [-0.2, 0) is 13.1 Å². The van der Waals surface area contributed by atoms with E-state index in [-0.39, 0.29) is 23.7 Å². The third kappa shape index (κ3) is 4.57. The highest BCUT2D eigenvalue weighted by Crippen LogP contribution is 2.29. The van der Waals surface area contributed by atoms with E-state index in [1.807, 2.05) is 13.8 Å². The zero-order valence-corrected chi connectivity index (χ0v) is 23.9. The van der Waals surface area contributed by atoms with Crippen LogP contribution in [-0.4, -0.2) is 49.4 Å². The summed E-state index contributed by atoms with van der Waals surface area (Å²) >= 11 is 6.94. The molecular formula is C28H24Br2N4O4. The fraction of sp³-hybridized carbons (Fsp3) is 0.214. The molecule has 0 bridgehead atoms. The normalized spacial score (nSPS) is 13.1. The number of carbonyl (C=O) groups is 2. The van der Waals surface area contributed by atoms with E-state index in [1.165, 1.54) is 4.57 Å². The van der Waals surface area contributed by atoms with Gasteiger partial charge in [0.25, 0.3) is 17.4 Å². The number of aromatic nitrogens is 2. The lowest BCUT2D eigenvalue weighted by atomic mass is 10.1. The Labute approximate surface area is 235 Å². The Kier molecular flexibility index (Phi) is 7.21. The topological polar surface area (TPSA) is 95.7 Å². The Morgan fingerprint density at radius 3 is 2.21 bits per heavy atom. The molecule has 38 heavy (non-hydrogen) atoms. The molecular weight excluding hydrogens is 616 g/mol. The van der Waals surface area contributed by atoms with Crippen molar-refractivity contribution in [2.75, 3.05) is 13.1 Å². The van der Waals surface area contributed by atoms with Crippen LogP contribution in [0.2, 0.25) is 0 Å². The van der Waals surface area contributed by atoms with Gasteiger partial charge in [-0.15, -0.1) is 0 Å². The van der Waals surface area contributed by atoms with E-state index in [1.54, 1.807) is 54.6 Å². The Hall–Kier alpha value is -3.34. The third-order valence-corrected chi connectivity index (χ3v) is 7.81. The molecule has 10 heteroatoms. The molecule has 0 radical (unpaired) electrons. The second-order valence-electron chi connectivity index (χ2n) is 8.97. The van der Waals surface area contributed by atoms with Gasteiger partial charge in [0.05, 0.1) is 34.3 Å². The fourth-order valence-corrected chi connectivity index (χ4v) is 6.00. The number of carbonyl (C=O) groups excluding carboxylic acids is 2. The van der Waals surface area contributed by atoms with E-state index in [4.69, 9.17) is 4.98 Å². The van der Waals surface area contributed by atoms with Crippen molar-refractivity contribution in [2.24, 2.45) is 0 Å². The lowest BCUT2D eigenvalue weighted by Gasteiger charge is -2.21. The molecule has 3 aromatic carbocycles. The Balaban J connectivity index is 1.70. The van der Waals surface area contributed by atoms with Crippen molar-refractivity contribution in [3.63, 3.8) is 0 Å². The van der Waals surface area contributed by atoms with Gasteiger partial charge in [-0.1, -0.05) is 41.9 Å². The van der Waals surface area contributed by atoms with Crippen LogP contribution in [0.25, 0.3) is 16.6 Å². The molecule has 0 saturated heterocycles. The SMILES string of the molecule is CCN(CC)Cc1cc(-n2c(CN3C(=O)c4ccccc4C3=O)nc3c(Br)cc(Br)cc3c2=O)ccc1O. The number of rotatable bonds is 7. The zero-order valence-electron chi connectivity index (χ0n) is 20.7. The minimum atomic E-state index is -0.436. The van der Waals surface area contributed by atoms with Gasteiger partial charge in [-0.05, 0) is 71.5 Å². The smallest absolute Gasteiger partial charge is 0.266 e. The summed E-state index contributed by atoms with van der Waals surface area (Å²) in [5.41, 5.74) is 1.84. The molecule has 5 rings (SSSR count). The number of aromatic hydroxyl groups is 1. The van der Waals surface area contributed by atoms with E-state index in [0.717, 1.165) is 18.0 Å². The van der Waals surface area contributed by atoms with Gasteiger partial charge in [-0.3, -0.25) is 28.8 Å². The summed E-state index contributed by atoms with van der Waals surface area (Å²) < 4.78 is 2.71. The first-order valence-electron chi connectivity index (χ1n) is 12.1. The van der Waals surface area contributed by atoms with Crippen LogP contribution in [0.5, 0.6) is 5.75 Å². The molecule has 0 aliphatic carbocycles. The van der Waals surface area contributed by atoms with Crippen molar-refractivity contribution in [2.45, 2.75) is 26.9 Å². The molecule has 1 aliphatic rings. The molecule has 1 aliphatic heterocycles. The van der Waals surface area contributed by atoms with E-state index in [0.29, 0.717) is 48.8 Å². The molecule has 0 fully saturated rings. The predicted molar refractivity (Wildman–Crippen MR) is 152 cm³/mol. The van der Waals surface area contributed by atoms with Gasteiger partial charge in [-0.25, -0.2) is 4.98 Å². The number of phenolic OH excluding ortho intramolecular Hbond substituents is 1. The monoisotopic (exact) mass is 638 g/mol. The molecule has 1 N–H and O–H groups in total. The summed E-state index contributed by atoms with van der Waals surface area (Å²) in [6, 6.07) is 15.1. The molecule has 1 aromatic heterocycles. The van der Waals surface area contributed by atoms with Gasteiger partial charge in [0.15, 0.2) is 0 Å². The van der Waals surface area contributed by atoms with Gasteiger partial charge in [0.1, 0.15) is 11.6 Å². The summed E-state index contributed by atoms with van der Waals surface area (Å²) in [5, 5.41) is 10.9. The summed E-state index contributed by atoms with van der Waals surface area (Å²) in [6.45, 7) is 5.96. The van der Waals surface area contributed by atoms with Crippen molar-refractivity contribution in [1.82, 2.24) is 19.4 Å². The first kappa shape index (κ1) is 26.3. The van der Waals surface area contributed by atoms with Crippen molar-refractivity contribution >= 4 is 54.6 Å². The Bertz CT molecular complexity index is 1630. The van der Waals surface area contributed by atoms with Crippen LogP contribution in [0.1, 0.15) is 46.0 Å². The quantitative estimate of drug-likeness (QED) is 0.278. The summed E-state index contributed by atoms with van der Waals surface area (Å²) in [7, 11) is 0. The van der Waals surface area contributed by atoms with Gasteiger partial charge in [0.2, 0.25) is 0 Å². The molecule has 0 unspecified atom stereocenters. The van der Waals surface area contributed by atoms with Gasteiger partial charge in [0, 0.05) is 21.1 Å². The maximum absolute atomic E-state index is 14.0. The molecule has 0 saturated carbocycles. The minimum absolute atomic E-state index is 0.120. The number of hydrogen-bond donors (Lipinski definition) is 1. The molecule has 0 atom stereocenters. The maximum atomic E-state index is 14.0. The first-order valence-corrected chi connectivity index (χ1v) is 13.7. The second kappa shape index (κ2) is 10.4. The van der Waals surface area contributed by atoms with E-state index < -0.39 is 11.8 Å². The predicted octanol–water partition coefficient (Wildman–Crippen LogP) is 5.25. The largest absolute Gasteiger partial charge is 0.508 e. The minimum Gasteiger partial charge on any atom is -0.508 e. The first-order chi connectivity index (χ1) is 18.2. The second-order valence-corrected chi connectivity index (χ2v) is 10.7. The molecule has 2 heterocycles. The molecule has 4 aromatic rings. The molecule has 8 nitrogen and oxygen atoms in total. The summed E-state index contributed by atoms with van der Waals surface area (Å²) in [5.74, 6) is -0.530. The highest BCUT2D eigenvalue weighted by atomic mass is 79.9. The van der Waals surface area contributed by atoms with Crippen LogP contribution in [0.4, 0.5) is 0 Å². The van der Waals surface area contributed by atoms with Gasteiger partial charge >= 0.3 is 0 Å². The van der Waals surface area contributed by atoms with Crippen LogP contribution in [0.15, 0.2) is 68.3 Å². The number of amides is 2. The summed E-state index contributed by atoms with van der Waals surface area (Å²) in [4.78, 5) is 48.3. The number of nitrogens with zero attached hydrogens (tertiary/aromatic N) is 4. The van der Waals surface area contributed by atoms with Crippen molar-refractivity contribution < 1.29 is 14.7 Å². The van der Waals surface area contributed by atoms with Crippen LogP contribution >= 0.6 is 31.9 Å². The number of phenols is 1. The average Bonchev–Trinajstić information content (AvgIpc) is 3.14. The highest BCUT2D eigenvalue weighted by molar-refractivity contribution is 9.11. The third-order valence-electron chi connectivity index (χ3n) is 6.75. The van der Waals surface area contributed by atoms with E-state index in [9.17, 15) is 19.5 Å². The summed E-state index contributed by atoms with van der Waals surface area (Å²) in [6.07, 6.45) is 0. The number of benzene rings is 3. The highest BCUT2D eigenvalue weighted by Gasteiger charge is 2.36. The molecule has 2 amide bonds. The van der Waals surface area contributed by atoms with Crippen LogP contribution in [0, 0.1) is 0 Å². The maximum Gasteiger partial charge on any atom is 0.266 e. The van der Waals surface area contributed by atoms with E-state index in [2.05, 4.69) is 36.8 Å². The van der Waals surface area contributed by atoms with Crippen molar-refractivity contribution in [3.8, 4) is 11.4 Å². The van der Waals surface area contributed by atoms with Crippen molar-refractivity contribution in [3.05, 3.63) is 96.4 Å². The lowest BCUT2D eigenvalue weighted by molar-refractivity contribution is 0.0637. The van der Waals surface area contributed by atoms with E-state index >= 15 is 0 Å². The fourth-order valence-electron chi connectivity index (χ4n) is 4.68.